The maximum Gasteiger partial charge on any atom is 0.228 e. The molecule has 1 N–H and O–H groups in total. The molecule has 0 fully saturated rings. The van der Waals surface area contributed by atoms with E-state index in [9.17, 15) is 0 Å². The van der Waals surface area contributed by atoms with E-state index < -0.39 is 0 Å². The first kappa shape index (κ1) is 21.3. The number of nitrogens with zero attached hydrogens (tertiary/aromatic N) is 4. The summed E-state index contributed by atoms with van der Waals surface area (Å²) < 4.78 is 8.23. The predicted octanol–water partition coefficient (Wildman–Crippen LogP) is 4.93. The van der Waals surface area contributed by atoms with E-state index in [0.717, 1.165) is 65.8 Å². The Morgan fingerprint density at radius 2 is 1.88 bits per heavy atom. The number of nitrogens with one attached hydrogen (secondary N) is 1. The minimum absolute atomic E-state index is 0.168. The lowest BCUT2D eigenvalue weighted by atomic mass is 9.82. The molecule has 1 aliphatic rings. The van der Waals surface area contributed by atoms with E-state index in [-0.39, 0.29) is 5.92 Å². The van der Waals surface area contributed by atoms with Gasteiger partial charge in [0.15, 0.2) is 0 Å². The molecule has 6 nitrogen and oxygen atoms in total. The second kappa shape index (κ2) is 9.16. The van der Waals surface area contributed by atoms with E-state index in [1.165, 1.54) is 0 Å². The van der Waals surface area contributed by atoms with Crippen LogP contribution in [0.1, 0.15) is 42.9 Å². The molecular formula is C27H29N5O. The SMILES string of the molecule is CCN(CC)CCCn1cnc2c(c1=N)C(c1cccnc1)c1c(ccc3ccccc13)O2. The molecule has 2 aromatic carbocycles. The van der Waals surface area contributed by atoms with Crippen LogP contribution in [0.2, 0.25) is 0 Å². The predicted molar refractivity (Wildman–Crippen MR) is 130 cm³/mol. The molecule has 1 unspecified atom stereocenters. The Labute approximate surface area is 194 Å². The zero-order valence-electron chi connectivity index (χ0n) is 19.2. The Morgan fingerprint density at radius 1 is 1.03 bits per heavy atom. The zero-order chi connectivity index (χ0) is 22.8. The van der Waals surface area contributed by atoms with E-state index in [1.807, 2.05) is 29.0 Å². The molecule has 168 valence electrons. The number of ether oxygens (including phenoxy) is 1. The molecule has 4 aromatic rings. The van der Waals surface area contributed by atoms with Crippen LogP contribution >= 0.6 is 0 Å². The molecule has 33 heavy (non-hydrogen) atoms. The molecule has 0 saturated carbocycles. The van der Waals surface area contributed by atoms with Crippen LogP contribution in [0.3, 0.4) is 0 Å². The largest absolute Gasteiger partial charge is 0.438 e. The lowest BCUT2D eigenvalue weighted by molar-refractivity contribution is 0.291. The smallest absolute Gasteiger partial charge is 0.228 e. The lowest BCUT2D eigenvalue weighted by Gasteiger charge is -2.29. The third-order valence-electron chi connectivity index (χ3n) is 6.59. The standard InChI is InChI=1S/C27H29N5O/c1-3-31(4-2)15-8-16-32-18-30-27-25(26(32)28)23(20-10-7-14-29-17-20)24-21-11-6-5-9-19(21)12-13-22(24)33-27/h5-7,9-14,17-18,23,28H,3-4,8,15-16H2,1-2H3. The molecule has 2 aromatic heterocycles. The highest BCUT2D eigenvalue weighted by Crippen LogP contribution is 2.47. The molecule has 1 atom stereocenters. The number of aromatic nitrogens is 3. The van der Waals surface area contributed by atoms with Crippen molar-refractivity contribution in [3.63, 3.8) is 0 Å². The molecule has 0 bridgehead atoms. The molecule has 1 aliphatic heterocycles. The van der Waals surface area contributed by atoms with Crippen molar-refractivity contribution in [2.75, 3.05) is 19.6 Å². The van der Waals surface area contributed by atoms with Gasteiger partial charge in [-0.3, -0.25) is 10.4 Å². The van der Waals surface area contributed by atoms with Crippen LogP contribution in [-0.4, -0.2) is 39.1 Å². The summed E-state index contributed by atoms with van der Waals surface area (Å²) >= 11 is 0. The molecule has 0 radical (unpaired) electrons. The fourth-order valence-corrected chi connectivity index (χ4v) is 4.81. The zero-order valence-corrected chi connectivity index (χ0v) is 19.2. The molecule has 0 saturated heterocycles. The van der Waals surface area contributed by atoms with Gasteiger partial charge < -0.3 is 14.2 Å². The summed E-state index contributed by atoms with van der Waals surface area (Å²) in [6.45, 7) is 8.20. The molecule has 5 rings (SSSR count). The van der Waals surface area contributed by atoms with Crippen LogP contribution in [0, 0.1) is 5.41 Å². The van der Waals surface area contributed by atoms with Gasteiger partial charge >= 0.3 is 0 Å². The summed E-state index contributed by atoms with van der Waals surface area (Å²) in [7, 11) is 0. The van der Waals surface area contributed by atoms with Crippen LogP contribution in [0.25, 0.3) is 10.8 Å². The average molecular weight is 440 g/mol. The van der Waals surface area contributed by atoms with Crippen molar-refractivity contribution in [3.05, 3.63) is 89.4 Å². The van der Waals surface area contributed by atoms with Gasteiger partial charge in [0.2, 0.25) is 5.88 Å². The van der Waals surface area contributed by atoms with Gasteiger partial charge in [0, 0.05) is 30.4 Å². The van der Waals surface area contributed by atoms with Gasteiger partial charge in [-0.2, -0.15) is 0 Å². The molecule has 0 aliphatic carbocycles. The van der Waals surface area contributed by atoms with E-state index in [1.54, 1.807) is 12.5 Å². The van der Waals surface area contributed by atoms with Gasteiger partial charge in [-0.25, -0.2) is 4.98 Å². The first-order valence-corrected chi connectivity index (χ1v) is 11.7. The Kier molecular flexibility index (Phi) is 5.92. The molecule has 3 heterocycles. The van der Waals surface area contributed by atoms with Crippen molar-refractivity contribution >= 4 is 10.8 Å². The van der Waals surface area contributed by atoms with Gasteiger partial charge in [0.05, 0.1) is 5.56 Å². The number of fused-ring (bicyclic) bond motifs is 4. The fraction of sp³-hybridized carbons (Fsp3) is 0.296. The number of pyridine rings is 1. The number of aryl methyl sites for hydroxylation is 1. The van der Waals surface area contributed by atoms with Crippen LogP contribution in [0.4, 0.5) is 0 Å². The van der Waals surface area contributed by atoms with Gasteiger partial charge in [-0.15, -0.1) is 0 Å². The number of benzene rings is 2. The van der Waals surface area contributed by atoms with Crippen LogP contribution < -0.4 is 10.2 Å². The van der Waals surface area contributed by atoms with Gasteiger partial charge in [-0.05, 0) is 54.5 Å². The highest BCUT2D eigenvalue weighted by atomic mass is 16.5. The number of rotatable bonds is 7. The fourth-order valence-electron chi connectivity index (χ4n) is 4.81. The van der Waals surface area contributed by atoms with Gasteiger partial charge in [0.1, 0.15) is 17.6 Å². The Hall–Kier alpha value is -3.51. The van der Waals surface area contributed by atoms with Crippen LogP contribution in [-0.2, 0) is 6.54 Å². The van der Waals surface area contributed by atoms with Crippen molar-refractivity contribution in [1.29, 1.82) is 5.41 Å². The monoisotopic (exact) mass is 439 g/mol. The van der Waals surface area contributed by atoms with E-state index >= 15 is 0 Å². The molecular weight excluding hydrogens is 410 g/mol. The average Bonchev–Trinajstić information content (AvgIpc) is 2.87. The van der Waals surface area contributed by atoms with Crippen molar-refractivity contribution in [2.24, 2.45) is 0 Å². The molecule has 6 heteroatoms. The van der Waals surface area contributed by atoms with Crippen molar-refractivity contribution in [1.82, 2.24) is 19.4 Å². The summed E-state index contributed by atoms with van der Waals surface area (Å²) in [5.41, 5.74) is 3.37. The Balaban J connectivity index is 1.63. The van der Waals surface area contributed by atoms with E-state index in [0.29, 0.717) is 11.4 Å². The van der Waals surface area contributed by atoms with Gasteiger partial charge in [-0.1, -0.05) is 50.2 Å². The summed E-state index contributed by atoms with van der Waals surface area (Å²) in [5.74, 6) is 1.14. The molecule has 0 spiro atoms. The van der Waals surface area contributed by atoms with Crippen molar-refractivity contribution in [3.8, 4) is 11.6 Å². The minimum Gasteiger partial charge on any atom is -0.438 e. The summed E-state index contributed by atoms with van der Waals surface area (Å²) in [6.07, 6.45) is 6.39. The normalized spacial score (nSPS) is 14.7. The van der Waals surface area contributed by atoms with E-state index in [4.69, 9.17) is 10.1 Å². The second-order valence-electron chi connectivity index (χ2n) is 8.41. The number of hydrogen-bond donors (Lipinski definition) is 1. The summed E-state index contributed by atoms with van der Waals surface area (Å²) in [5, 5.41) is 11.4. The van der Waals surface area contributed by atoms with Crippen molar-refractivity contribution < 1.29 is 4.74 Å². The van der Waals surface area contributed by atoms with Crippen LogP contribution in [0.15, 0.2) is 67.3 Å². The highest BCUT2D eigenvalue weighted by molar-refractivity contribution is 5.90. The van der Waals surface area contributed by atoms with Gasteiger partial charge in [0.25, 0.3) is 0 Å². The first-order valence-electron chi connectivity index (χ1n) is 11.7. The minimum atomic E-state index is -0.168. The maximum atomic E-state index is 9.14. The van der Waals surface area contributed by atoms with Crippen molar-refractivity contribution in [2.45, 2.75) is 32.7 Å². The highest BCUT2D eigenvalue weighted by Gasteiger charge is 2.33. The number of hydrogen-bond acceptors (Lipinski definition) is 5. The lowest BCUT2D eigenvalue weighted by Crippen LogP contribution is -2.31. The first-order chi connectivity index (χ1) is 16.2. The maximum absolute atomic E-state index is 9.14. The Morgan fingerprint density at radius 3 is 2.67 bits per heavy atom. The van der Waals surface area contributed by atoms with Crippen LogP contribution in [0.5, 0.6) is 11.6 Å². The summed E-state index contributed by atoms with van der Waals surface area (Å²) in [4.78, 5) is 11.5. The summed E-state index contributed by atoms with van der Waals surface area (Å²) in [6, 6.07) is 16.5. The Bertz CT molecular complexity index is 1330. The topological polar surface area (TPSA) is 67.0 Å². The van der Waals surface area contributed by atoms with E-state index in [2.05, 4.69) is 59.0 Å². The quantitative estimate of drug-likeness (QED) is 0.391. The second-order valence-corrected chi connectivity index (χ2v) is 8.41. The third kappa shape index (κ3) is 3.91. The molecule has 0 amide bonds. The third-order valence-corrected chi connectivity index (χ3v) is 6.59.